The predicted octanol–water partition coefficient (Wildman–Crippen LogP) is 3.86. The molecule has 0 saturated carbocycles. The number of ether oxygens (including phenoxy) is 2. The van der Waals surface area contributed by atoms with Crippen LogP contribution in [-0.4, -0.2) is 34.0 Å². The highest BCUT2D eigenvalue weighted by atomic mass is 16.5. The lowest BCUT2D eigenvalue weighted by Gasteiger charge is -2.18. The first-order chi connectivity index (χ1) is 15.5. The van der Waals surface area contributed by atoms with Gasteiger partial charge in [-0.15, -0.1) is 6.42 Å². The van der Waals surface area contributed by atoms with E-state index >= 15 is 0 Å². The van der Waals surface area contributed by atoms with Crippen molar-refractivity contribution in [3.8, 4) is 29.4 Å². The summed E-state index contributed by atoms with van der Waals surface area (Å²) >= 11 is 0. The Bertz CT molecular complexity index is 1250. The van der Waals surface area contributed by atoms with Crippen LogP contribution in [-0.2, 0) is 11.3 Å². The summed E-state index contributed by atoms with van der Waals surface area (Å²) in [5.41, 5.74) is 3.07. The summed E-state index contributed by atoms with van der Waals surface area (Å²) in [5.74, 6) is 4.03. The summed E-state index contributed by atoms with van der Waals surface area (Å²) in [6.45, 7) is 4.62. The van der Waals surface area contributed by atoms with E-state index in [1.807, 2.05) is 30.3 Å². The molecule has 0 fully saturated rings. The number of aliphatic hydroxyl groups excluding tert-OH is 1. The highest BCUT2D eigenvalue weighted by Crippen LogP contribution is 2.30. The molecule has 4 rings (SSSR count). The number of hydrogen-bond donors (Lipinski definition) is 1. The number of nitrogens with zero attached hydrogens (tertiary/aromatic N) is 2. The molecule has 0 amide bonds. The maximum atomic E-state index is 13.1. The van der Waals surface area contributed by atoms with Gasteiger partial charge in [-0.05, 0) is 35.8 Å². The lowest BCUT2D eigenvalue weighted by molar-refractivity contribution is 0.101. The number of fused-ring (bicyclic) bond motifs is 1. The molecule has 1 aliphatic heterocycles. The van der Waals surface area contributed by atoms with E-state index < -0.39 is 0 Å². The number of hydrogen-bond acceptors (Lipinski definition) is 5. The molecule has 2 heterocycles. The quantitative estimate of drug-likeness (QED) is 0.576. The van der Waals surface area contributed by atoms with Gasteiger partial charge in [-0.25, -0.2) is 4.79 Å². The number of aromatic nitrogens is 2. The minimum atomic E-state index is -0.348. The van der Waals surface area contributed by atoms with Gasteiger partial charge in [-0.2, -0.15) is 4.98 Å². The Kier molecular flexibility index (Phi) is 6.29. The van der Waals surface area contributed by atoms with Crippen molar-refractivity contribution in [3.63, 3.8) is 0 Å². The van der Waals surface area contributed by atoms with Crippen LogP contribution in [0.3, 0.4) is 0 Å². The SMILES string of the molecule is C#CCOc1ccc2c(c1)c(-c1ccc(C(C)C)cc1)nc(=O)n2CC1CC=C(CO)O1. The van der Waals surface area contributed by atoms with E-state index in [1.165, 1.54) is 5.56 Å². The Labute approximate surface area is 187 Å². The molecule has 2 aromatic carbocycles. The van der Waals surface area contributed by atoms with Gasteiger partial charge in [0.15, 0.2) is 0 Å². The number of aliphatic hydroxyl groups is 1. The van der Waals surface area contributed by atoms with Gasteiger partial charge in [-0.3, -0.25) is 4.57 Å². The standard InChI is InChI=1S/C26H26N2O4/c1-4-13-31-20-11-12-24-23(14-20)25(19-7-5-18(6-8-19)17(2)3)27-26(30)28(24)15-21-9-10-22(16-29)32-21/h1,5-8,10-12,14,17,21,29H,9,13,15-16H2,2-3H3. The first-order valence-electron chi connectivity index (χ1n) is 10.7. The smallest absolute Gasteiger partial charge is 0.348 e. The first kappa shape index (κ1) is 21.7. The Hall–Kier alpha value is -3.56. The highest BCUT2D eigenvalue weighted by Gasteiger charge is 2.21. The zero-order valence-corrected chi connectivity index (χ0v) is 18.2. The van der Waals surface area contributed by atoms with E-state index in [9.17, 15) is 9.90 Å². The molecule has 0 spiro atoms. The van der Waals surface area contributed by atoms with Crippen molar-refractivity contribution in [2.45, 2.75) is 38.8 Å². The Morgan fingerprint density at radius 2 is 2.06 bits per heavy atom. The fourth-order valence-electron chi connectivity index (χ4n) is 3.89. The second-order valence-corrected chi connectivity index (χ2v) is 8.11. The fraction of sp³-hybridized carbons (Fsp3) is 0.308. The van der Waals surface area contributed by atoms with Crippen molar-refractivity contribution in [3.05, 3.63) is 70.3 Å². The molecular weight excluding hydrogens is 404 g/mol. The Morgan fingerprint density at radius 1 is 1.28 bits per heavy atom. The predicted molar refractivity (Wildman–Crippen MR) is 125 cm³/mol. The van der Waals surface area contributed by atoms with Crippen LogP contribution in [0.25, 0.3) is 22.2 Å². The second kappa shape index (κ2) is 9.29. The third-order valence-electron chi connectivity index (χ3n) is 5.59. The average Bonchev–Trinajstić information content (AvgIpc) is 3.27. The first-order valence-corrected chi connectivity index (χ1v) is 10.7. The van der Waals surface area contributed by atoms with Crippen LogP contribution in [0.15, 0.2) is 59.1 Å². The summed E-state index contributed by atoms with van der Waals surface area (Å²) in [6, 6.07) is 13.6. The van der Waals surface area contributed by atoms with Crippen LogP contribution in [0, 0.1) is 12.3 Å². The molecule has 1 N–H and O–H groups in total. The van der Waals surface area contributed by atoms with Crippen LogP contribution in [0.5, 0.6) is 5.75 Å². The van der Waals surface area contributed by atoms with Gasteiger partial charge in [0, 0.05) is 17.4 Å². The molecule has 32 heavy (non-hydrogen) atoms. The van der Waals surface area contributed by atoms with E-state index in [4.69, 9.17) is 15.9 Å². The van der Waals surface area contributed by atoms with Crippen molar-refractivity contribution >= 4 is 10.9 Å². The molecule has 6 nitrogen and oxygen atoms in total. The third kappa shape index (κ3) is 4.39. The maximum Gasteiger partial charge on any atom is 0.348 e. The van der Waals surface area contributed by atoms with E-state index in [1.54, 1.807) is 10.6 Å². The fourth-order valence-corrected chi connectivity index (χ4v) is 3.89. The van der Waals surface area contributed by atoms with Crippen molar-refractivity contribution in [2.75, 3.05) is 13.2 Å². The lowest BCUT2D eigenvalue weighted by atomic mass is 9.99. The summed E-state index contributed by atoms with van der Waals surface area (Å²) in [5, 5.41) is 10.1. The molecule has 164 valence electrons. The lowest BCUT2D eigenvalue weighted by Crippen LogP contribution is -2.29. The molecule has 0 bridgehead atoms. The normalized spacial score (nSPS) is 15.5. The summed E-state index contributed by atoms with van der Waals surface area (Å²) in [4.78, 5) is 17.5. The van der Waals surface area contributed by atoms with Crippen molar-refractivity contribution in [1.82, 2.24) is 9.55 Å². The number of terminal acetylenes is 1. The van der Waals surface area contributed by atoms with Gasteiger partial charge >= 0.3 is 5.69 Å². The van der Waals surface area contributed by atoms with Crippen molar-refractivity contribution in [2.24, 2.45) is 0 Å². The van der Waals surface area contributed by atoms with Crippen LogP contribution in [0.4, 0.5) is 0 Å². The van der Waals surface area contributed by atoms with E-state index in [0.29, 0.717) is 36.1 Å². The van der Waals surface area contributed by atoms with Gasteiger partial charge in [0.2, 0.25) is 0 Å². The van der Waals surface area contributed by atoms with Crippen molar-refractivity contribution < 1.29 is 14.6 Å². The van der Waals surface area contributed by atoms with E-state index in [0.717, 1.165) is 16.5 Å². The summed E-state index contributed by atoms with van der Waals surface area (Å²) in [6.07, 6.45) is 7.59. The molecular formula is C26H26N2O4. The molecule has 1 aromatic heterocycles. The largest absolute Gasteiger partial charge is 0.490 e. The maximum absolute atomic E-state index is 13.1. The van der Waals surface area contributed by atoms with Gasteiger partial charge in [0.05, 0.1) is 17.8 Å². The highest BCUT2D eigenvalue weighted by molar-refractivity contribution is 5.93. The van der Waals surface area contributed by atoms with Gasteiger partial charge in [-0.1, -0.05) is 44.0 Å². The van der Waals surface area contributed by atoms with Crippen LogP contribution >= 0.6 is 0 Å². The minimum absolute atomic E-state index is 0.147. The van der Waals surface area contributed by atoms with Gasteiger partial charge in [0.25, 0.3) is 0 Å². The Morgan fingerprint density at radius 3 is 2.72 bits per heavy atom. The van der Waals surface area contributed by atoms with Crippen LogP contribution in [0.2, 0.25) is 0 Å². The third-order valence-corrected chi connectivity index (χ3v) is 5.59. The average molecular weight is 431 g/mol. The topological polar surface area (TPSA) is 73.6 Å². The van der Waals surface area contributed by atoms with E-state index in [-0.39, 0.29) is 25.0 Å². The molecule has 0 saturated heterocycles. The van der Waals surface area contributed by atoms with Crippen molar-refractivity contribution in [1.29, 1.82) is 0 Å². The zero-order chi connectivity index (χ0) is 22.7. The number of benzene rings is 2. The van der Waals surface area contributed by atoms with Crippen LogP contribution in [0.1, 0.15) is 31.7 Å². The molecule has 1 atom stereocenters. The monoisotopic (exact) mass is 430 g/mol. The van der Waals surface area contributed by atoms with Crippen LogP contribution < -0.4 is 10.4 Å². The summed E-state index contributed by atoms with van der Waals surface area (Å²) in [7, 11) is 0. The zero-order valence-electron chi connectivity index (χ0n) is 18.2. The van der Waals surface area contributed by atoms with E-state index in [2.05, 4.69) is 36.9 Å². The molecule has 1 unspecified atom stereocenters. The molecule has 1 aliphatic rings. The van der Waals surface area contributed by atoms with Gasteiger partial charge < -0.3 is 14.6 Å². The second-order valence-electron chi connectivity index (χ2n) is 8.11. The summed E-state index contributed by atoms with van der Waals surface area (Å²) < 4.78 is 13.0. The molecule has 0 radical (unpaired) electrons. The van der Waals surface area contributed by atoms with Gasteiger partial charge in [0.1, 0.15) is 30.8 Å². The molecule has 0 aliphatic carbocycles. The minimum Gasteiger partial charge on any atom is -0.490 e. The molecule has 3 aromatic rings. The molecule has 6 heteroatoms. The number of rotatable bonds is 7. The Balaban J connectivity index is 1.81.